The molecule has 0 N–H and O–H groups in total. The van der Waals surface area contributed by atoms with Crippen molar-refractivity contribution < 1.29 is 18.1 Å². The summed E-state index contributed by atoms with van der Waals surface area (Å²) in [6.07, 6.45) is -1.35. The predicted octanol–water partition coefficient (Wildman–Crippen LogP) is 7.43. The van der Waals surface area contributed by atoms with Crippen molar-refractivity contribution in [3.05, 3.63) is 108 Å². The second-order valence-electron chi connectivity index (χ2n) is 6.92. The van der Waals surface area contributed by atoms with E-state index >= 15 is 0 Å². The lowest BCUT2D eigenvalue weighted by Crippen LogP contribution is -2.09. The van der Waals surface area contributed by atoms with Gasteiger partial charge in [0, 0.05) is 0 Å². The Labute approximate surface area is 173 Å². The molecule has 0 aliphatic carbocycles. The van der Waals surface area contributed by atoms with E-state index in [2.05, 4.69) is 0 Å². The van der Waals surface area contributed by atoms with Crippen LogP contribution >= 0.6 is 7.82 Å². The van der Waals surface area contributed by atoms with Gasteiger partial charge in [0.15, 0.2) is 0 Å². The van der Waals surface area contributed by atoms with Crippen LogP contribution in [0.1, 0.15) is 55.8 Å². The molecular formula is C24H27O4P. The molecule has 3 aromatic rings. The minimum atomic E-state index is -3.88. The maximum absolute atomic E-state index is 13.7. The minimum absolute atomic E-state index is 0.451. The third-order valence-electron chi connectivity index (χ3n) is 4.67. The van der Waals surface area contributed by atoms with Crippen molar-refractivity contribution in [2.24, 2.45) is 0 Å². The van der Waals surface area contributed by atoms with Crippen LogP contribution in [0.25, 0.3) is 0 Å². The van der Waals surface area contributed by atoms with Crippen molar-refractivity contribution in [3.63, 3.8) is 0 Å². The maximum Gasteiger partial charge on any atom is 0.476 e. The van der Waals surface area contributed by atoms with Crippen molar-refractivity contribution >= 4 is 7.82 Å². The second-order valence-corrected chi connectivity index (χ2v) is 8.45. The van der Waals surface area contributed by atoms with Gasteiger partial charge in [0.25, 0.3) is 0 Å². The van der Waals surface area contributed by atoms with Gasteiger partial charge in [-0.1, -0.05) is 91.0 Å². The summed E-state index contributed by atoms with van der Waals surface area (Å²) in [5, 5.41) is 0. The van der Waals surface area contributed by atoms with E-state index in [9.17, 15) is 4.57 Å². The molecule has 4 nitrogen and oxygen atoms in total. The van der Waals surface area contributed by atoms with Crippen molar-refractivity contribution in [1.82, 2.24) is 0 Å². The molecule has 0 amide bonds. The van der Waals surface area contributed by atoms with E-state index in [1.807, 2.05) is 112 Å². The Hall–Kier alpha value is -2.23. The highest BCUT2D eigenvalue weighted by Crippen LogP contribution is 2.58. The van der Waals surface area contributed by atoms with Crippen molar-refractivity contribution in [2.45, 2.75) is 39.1 Å². The molecule has 3 atom stereocenters. The lowest BCUT2D eigenvalue weighted by atomic mass is 10.1. The van der Waals surface area contributed by atoms with Crippen LogP contribution in [0.2, 0.25) is 0 Å². The smallest absolute Gasteiger partial charge is 0.279 e. The standard InChI is InChI=1S/C24H27O4P/c1-19(22-13-7-4-8-14-22)26-29(25,27-20(2)23-15-9-5-10-16-23)28-21(3)24-17-11-6-12-18-24/h4-21H,1-3H3/t19-,20-,21-/m1/s1. The largest absolute Gasteiger partial charge is 0.476 e. The molecular weight excluding hydrogens is 383 g/mol. The third kappa shape index (κ3) is 6.12. The first kappa shape index (κ1) is 21.5. The highest BCUT2D eigenvalue weighted by molar-refractivity contribution is 7.48. The zero-order valence-corrected chi connectivity index (χ0v) is 17.9. The summed E-state index contributed by atoms with van der Waals surface area (Å²) >= 11 is 0. The van der Waals surface area contributed by atoms with Crippen molar-refractivity contribution in [2.75, 3.05) is 0 Å². The fourth-order valence-corrected chi connectivity index (χ4v) is 4.69. The summed E-state index contributed by atoms with van der Waals surface area (Å²) in [6.45, 7) is 5.53. The summed E-state index contributed by atoms with van der Waals surface area (Å²) in [5.74, 6) is 0. The first-order chi connectivity index (χ1) is 14.0. The lowest BCUT2D eigenvalue weighted by Gasteiger charge is -2.27. The molecule has 0 saturated heterocycles. The van der Waals surface area contributed by atoms with E-state index in [0.717, 1.165) is 16.7 Å². The van der Waals surface area contributed by atoms with Crippen LogP contribution in [0.5, 0.6) is 0 Å². The first-order valence-corrected chi connectivity index (χ1v) is 11.2. The zero-order valence-electron chi connectivity index (χ0n) is 17.0. The minimum Gasteiger partial charge on any atom is -0.279 e. The van der Waals surface area contributed by atoms with Gasteiger partial charge >= 0.3 is 7.82 Å². The van der Waals surface area contributed by atoms with Crippen LogP contribution in [0.3, 0.4) is 0 Å². The molecule has 152 valence electrons. The van der Waals surface area contributed by atoms with Gasteiger partial charge in [-0.2, -0.15) is 0 Å². The number of phosphoric ester groups is 1. The Bertz CT molecular complexity index is 793. The van der Waals surface area contributed by atoms with Crippen LogP contribution in [-0.2, 0) is 18.1 Å². The topological polar surface area (TPSA) is 44.8 Å². The van der Waals surface area contributed by atoms with Crippen LogP contribution in [0.15, 0.2) is 91.0 Å². The maximum atomic E-state index is 13.7. The number of hydrogen-bond donors (Lipinski definition) is 0. The summed E-state index contributed by atoms with van der Waals surface area (Å²) in [5.41, 5.74) is 2.71. The van der Waals surface area contributed by atoms with Gasteiger partial charge in [-0.25, -0.2) is 4.57 Å². The molecule has 0 fully saturated rings. The quantitative estimate of drug-likeness (QED) is 0.344. The van der Waals surface area contributed by atoms with Gasteiger partial charge in [-0.05, 0) is 37.5 Å². The SMILES string of the molecule is C[C@@H](OP(=O)(O[C@H](C)c1ccccc1)O[C@H](C)c1ccccc1)c1ccccc1. The Morgan fingerprint density at radius 3 is 1.00 bits per heavy atom. The molecule has 29 heavy (non-hydrogen) atoms. The molecule has 5 heteroatoms. The fourth-order valence-electron chi connectivity index (χ4n) is 3.01. The molecule has 0 saturated carbocycles. The Balaban J connectivity index is 1.82. The van der Waals surface area contributed by atoms with Crippen LogP contribution in [0.4, 0.5) is 0 Å². The Morgan fingerprint density at radius 2 is 0.759 bits per heavy atom. The number of rotatable bonds is 9. The zero-order chi connectivity index (χ0) is 20.7. The average molecular weight is 410 g/mol. The average Bonchev–Trinajstić information content (AvgIpc) is 2.75. The van der Waals surface area contributed by atoms with E-state index in [1.54, 1.807) is 0 Å². The lowest BCUT2D eigenvalue weighted by molar-refractivity contribution is 0.0421. The van der Waals surface area contributed by atoms with Gasteiger partial charge < -0.3 is 0 Å². The molecule has 0 unspecified atom stereocenters. The van der Waals surface area contributed by atoms with Gasteiger partial charge in [0.05, 0.1) is 18.3 Å². The van der Waals surface area contributed by atoms with E-state index in [1.165, 1.54) is 0 Å². The summed E-state index contributed by atoms with van der Waals surface area (Å²) in [7, 11) is -3.88. The molecule has 0 heterocycles. The number of benzene rings is 3. The summed E-state index contributed by atoms with van der Waals surface area (Å²) in [4.78, 5) is 0. The second kappa shape index (κ2) is 10.00. The highest BCUT2D eigenvalue weighted by Gasteiger charge is 2.35. The molecule has 0 aliphatic rings. The summed E-state index contributed by atoms with van der Waals surface area (Å²) < 4.78 is 31.5. The van der Waals surface area contributed by atoms with Crippen molar-refractivity contribution in [3.8, 4) is 0 Å². The normalized spacial score (nSPS) is 14.9. The van der Waals surface area contributed by atoms with E-state index in [4.69, 9.17) is 13.6 Å². The molecule has 0 spiro atoms. The highest BCUT2D eigenvalue weighted by atomic mass is 31.2. The van der Waals surface area contributed by atoms with Gasteiger partial charge in [-0.15, -0.1) is 0 Å². The Kier molecular flexibility index (Phi) is 7.40. The first-order valence-electron chi connectivity index (χ1n) is 9.77. The molecule has 3 aromatic carbocycles. The molecule has 0 aromatic heterocycles. The Morgan fingerprint density at radius 1 is 0.517 bits per heavy atom. The molecule has 0 aliphatic heterocycles. The predicted molar refractivity (Wildman–Crippen MR) is 115 cm³/mol. The van der Waals surface area contributed by atoms with Crippen LogP contribution < -0.4 is 0 Å². The van der Waals surface area contributed by atoms with Crippen molar-refractivity contribution in [1.29, 1.82) is 0 Å². The van der Waals surface area contributed by atoms with E-state index in [0.29, 0.717) is 0 Å². The summed E-state index contributed by atoms with van der Waals surface area (Å²) in [6, 6.07) is 28.9. The molecule has 0 radical (unpaired) electrons. The van der Waals surface area contributed by atoms with E-state index in [-0.39, 0.29) is 0 Å². The van der Waals surface area contributed by atoms with E-state index < -0.39 is 26.1 Å². The fraction of sp³-hybridized carbons (Fsp3) is 0.250. The van der Waals surface area contributed by atoms with Crippen LogP contribution in [0, 0.1) is 0 Å². The molecule has 3 rings (SSSR count). The molecule has 0 bridgehead atoms. The monoisotopic (exact) mass is 410 g/mol. The van der Waals surface area contributed by atoms with Gasteiger partial charge in [0.1, 0.15) is 0 Å². The van der Waals surface area contributed by atoms with Gasteiger partial charge in [-0.3, -0.25) is 13.6 Å². The number of phosphoric acid groups is 1. The number of hydrogen-bond acceptors (Lipinski definition) is 4. The van der Waals surface area contributed by atoms with Crippen LogP contribution in [-0.4, -0.2) is 0 Å². The van der Waals surface area contributed by atoms with Gasteiger partial charge in [0.2, 0.25) is 0 Å². The third-order valence-corrected chi connectivity index (χ3v) is 6.39.